The van der Waals surface area contributed by atoms with Crippen LogP contribution in [0.15, 0.2) is 35.4 Å². The Bertz CT molecular complexity index is 729. The molecule has 4 heterocycles. The van der Waals surface area contributed by atoms with Gasteiger partial charge in [0.15, 0.2) is 0 Å². The van der Waals surface area contributed by atoms with Crippen LogP contribution in [0.4, 0.5) is 5.69 Å². The van der Waals surface area contributed by atoms with Crippen molar-refractivity contribution in [2.45, 2.75) is 12.1 Å². The first-order chi connectivity index (χ1) is 12.1. The minimum Gasteiger partial charge on any atom is -0.470 e. The molecule has 2 aliphatic rings. The number of anilines is 1. The molecule has 25 heavy (non-hydrogen) atoms. The molecule has 2 aromatic rings. The molecule has 0 aliphatic carbocycles. The van der Waals surface area contributed by atoms with Gasteiger partial charge in [0.25, 0.3) is 5.91 Å². The van der Waals surface area contributed by atoms with Crippen molar-refractivity contribution >= 4 is 11.6 Å². The second-order valence-corrected chi connectivity index (χ2v) is 6.72. The van der Waals surface area contributed by atoms with Crippen molar-refractivity contribution in [3.63, 3.8) is 0 Å². The van der Waals surface area contributed by atoms with Crippen molar-refractivity contribution in [2.24, 2.45) is 7.05 Å². The van der Waals surface area contributed by atoms with E-state index < -0.39 is 5.60 Å². The van der Waals surface area contributed by atoms with Crippen LogP contribution in [0.2, 0.25) is 0 Å². The number of hydrogen-bond acceptors (Lipinski definition) is 6. The number of ether oxygens (including phenoxy) is 2. The normalized spacial score (nSPS) is 25.5. The van der Waals surface area contributed by atoms with Crippen molar-refractivity contribution in [3.8, 4) is 0 Å². The van der Waals surface area contributed by atoms with E-state index >= 15 is 0 Å². The summed E-state index contributed by atoms with van der Waals surface area (Å²) in [5.41, 5.74) is 1.37. The molecular weight excluding hydrogens is 324 g/mol. The van der Waals surface area contributed by atoms with Gasteiger partial charge in [0, 0.05) is 44.5 Å². The van der Waals surface area contributed by atoms with Crippen molar-refractivity contribution in [1.29, 1.82) is 0 Å². The number of carbonyl (C=O) groups is 1. The van der Waals surface area contributed by atoms with E-state index in [-0.39, 0.29) is 12.5 Å². The van der Waals surface area contributed by atoms with Crippen LogP contribution in [0.5, 0.6) is 0 Å². The number of carbonyl (C=O) groups excluding carboxylic acids is 1. The Morgan fingerprint density at radius 2 is 2.28 bits per heavy atom. The lowest BCUT2D eigenvalue weighted by atomic mass is 10.0. The average molecular weight is 346 g/mol. The number of furan rings is 1. The molecule has 1 unspecified atom stereocenters. The summed E-state index contributed by atoms with van der Waals surface area (Å²) in [5, 5.41) is 4.23. The molecule has 0 N–H and O–H groups in total. The van der Waals surface area contributed by atoms with E-state index in [2.05, 4.69) is 10.00 Å². The second kappa shape index (κ2) is 6.62. The standard InChI is InChI=1S/C17H22N4O4/c1-19-7-14(6-18-19)8-20-3-5-24-13-17(11-20)12-21(16(22)10-25-17)15-2-4-23-9-15/h2,4,6-7,9H,3,5,8,10-13H2,1H3. The Balaban J connectivity index is 1.51. The lowest BCUT2D eigenvalue weighted by Gasteiger charge is -2.42. The largest absolute Gasteiger partial charge is 0.470 e. The predicted octanol–water partition coefficient (Wildman–Crippen LogP) is 0.647. The van der Waals surface area contributed by atoms with E-state index in [1.54, 1.807) is 28.2 Å². The number of morpholine rings is 1. The topological polar surface area (TPSA) is 73.0 Å². The first-order valence-corrected chi connectivity index (χ1v) is 8.38. The summed E-state index contributed by atoms with van der Waals surface area (Å²) in [7, 11) is 1.91. The van der Waals surface area contributed by atoms with Gasteiger partial charge < -0.3 is 18.8 Å². The van der Waals surface area contributed by atoms with Gasteiger partial charge in [0.1, 0.15) is 18.5 Å². The Labute approximate surface area is 145 Å². The Hall–Kier alpha value is -2.16. The van der Waals surface area contributed by atoms with Crippen LogP contribution in [0.1, 0.15) is 5.56 Å². The highest BCUT2D eigenvalue weighted by molar-refractivity contribution is 5.95. The van der Waals surface area contributed by atoms with Crippen molar-refractivity contribution < 1.29 is 18.7 Å². The second-order valence-electron chi connectivity index (χ2n) is 6.72. The molecule has 2 saturated heterocycles. The maximum Gasteiger partial charge on any atom is 0.253 e. The maximum atomic E-state index is 12.3. The van der Waals surface area contributed by atoms with Crippen LogP contribution < -0.4 is 4.90 Å². The molecule has 2 aromatic heterocycles. The molecule has 1 spiro atoms. The van der Waals surface area contributed by atoms with Crippen molar-refractivity contribution in [3.05, 3.63) is 36.5 Å². The highest BCUT2D eigenvalue weighted by Crippen LogP contribution is 2.27. The highest BCUT2D eigenvalue weighted by atomic mass is 16.6. The minimum atomic E-state index is -0.538. The molecule has 4 rings (SSSR count). The first-order valence-electron chi connectivity index (χ1n) is 8.38. The van der Waals surface area contributed by atoms with Crippen LogP contribution in [0, 0.1) is 0 Å². The summed E-state index contributed by atoms with van der Waals surface area (Å²) < 4.78 is 18.7. The third-order valence-electron chi connectivity index (χ3n) is 4.66. The van der Waals surface area contributed by atoms with Crippen molar-refractivity contribution in [1.82, 2.24) is 14.7 Å². The summed E-state index contributed by atoms with van der Waals surface area (Å²) in [6, 6.07) is 1.79. The van der Waals surface area contributed by atoms with E-state index in [1.165, 1.54) is 0 Å². The smallest absolute Gasteiger partial charge is 0.253 e. The van der Waals surface area contributed by atoms with Crippen LogP contribution in [0.25, 0.3) is 0 Å². The fourth-order valence-corrected chi connectivity index (χ4v) is 3.47. The van der Waals surface area contributed by atoms with Gasteiger partial charge in [0.05, 0.1) is 37.9 Å². The Kier molecular flexibility index (Phi) is 4.32. The zero-order valence-electron chi connectivity index (χ0n) is 14.3. The summed E-state index contributed by atoms with van der Waals surface area (Å²) in [6.45, 7) is 3.92. The quantitative estimate of drug-likeness (QED) is 0.812. The molecule has 1 atom stereocenters. The van der Waals surface area contributed by atoms with Gasteiger partial charge in [-0.3, -0.25) is 14.4 Å². The summed E-state index contributed by atoms with van der Waals surface area (Å²) in [4.78, 5) is 16.3. The van der Waals surface area contributed by atoms with E-state index in [0.717, 1.165) is 24.3 Å². The van der Waals surface area contributed by atoms with Crippen LogP contribution in [0.3, 0.4) is 0 Å². The number of rotatable bonds is 3. The Morgan fingerprint density at radius 1 is 1.36 bits per heavy atom. The molecule has 134 valence electrons. The van der Waals surface area contributed by atoms with Crippen molar-refractivity contribution in [2.75, 3.05) is 44.4 Å². The molecule has 0 saturated carbocycles. The van der Waals surface area contributed by atoms with E-state index in [9.17, 15) is 4.79 Å². The summed E-state index contributed by atoms with van der Waals surface area (Å²) >= 11 is 0. The SMILES string of the molecule is Cn1cc(CN2CCOCC3(C2)CN(c2ccoc2)C(=O)CO3)cn1. The van der Waals surface area contributed by atoms with Gasteiger partial charge in [0.2, 0.25) is 0 Å². The van der Waals surface area contributed by atoms with Gasteiger partial charge >= 0.3 is 0 Å². The molecule has 8 heteroatoms. The monoisotopic (exact) mass is 346 g/mol. The lowest BCUT2D eigenvalue weighted by Crippen LogP contribution is -2.60. The number of nitrogens with zero attached hydrogens (tertiary/aromatic N) is 4. The van der Waals surface area contributed by atoms with Crippen LogP contribution in [-0.2, 0) is 27.9 Å². The van der Waals surface area contributed by atoms with Gasteiger partial charge in [-0.25, -0.2) is 0 Å². The number of aryl methyl sites for hydroxylation is 1. The Morgan fingerprint density at radius 3 is 3.04 bits per heavy atom. The van der Waals surface area contributed by atoms with Crippen LogP contribution in [-0.4, -0.2) is 65.6 Å². The first kappa shape index (κ1) is 16.3. The molecule has 0 aromatic carbocycles. The highest BCUT2D eigenvalue weighted by Gasteiger charge is 2.43. The van der Waals surface area contributed by atoms with E-state index in [4.69, 9.17) is 13.9 Å². The van der Waals surface area contributed by atoms with Gasteiger partial charge in [-0.15, -0.1) is 0 Å². The molecule has 0 radical (unpaired) electrons. The molecular formula is C17H22N4O4. The number of hydrogen-bond donors (Lipinski definition) is 0. The molecule has 1 amide bonds. The molecule has 8 nitrogen and oxygen atoms in total. The summed E-state index contributed by atoms with van der Waals surface area (Å²) in [5.74, 6) is -0.0601. The predicted molar refractivity (Wildman–Crippen MR) is 89.0 cm³/mol. The van der Waals surface area contributed by atoms with E-state index in [0.29, 0.717) is 26.3 Å². The van der Waals surface area contributed by atoms with Gasteiger partial charge in [-0.2, -0.15) is 5.10 Å². The average Bonchev–Trinajstić information content (AvgIpc) is 3.22. The maximum absolute atomic E-state index is 12.3. The zero-order valence-corrected chi connectivity index (χ0v) is 14.3. The molecule has 0 bridgehead atoms. The fourth-order valence-electron chi connectivity index (χ4n) is 3.47. The fraction of sp³-hybridized carbons (Fsp3) is 0.529. The van der Waals surface area contributed by atoms with Gasteiger partial charge in [-0.1, -0.05) is 0 Å². The van der Waals surface area contributed by atoms with E-state index in [1.807, 2.05) is 19.4 Å². The zero-order chi connectivity index (χ0) is 17.3. The third-order valence-corrected chi connectivity index (χ3v) is 4.66. The molecule has 2 fully saturated rings. The number of aromatic nitrogens is 2. The molecule has 2 aliphatic heterocycles. The van der Waals surface area contributed by atoms with Crippen LogP contribution >= 0.6 is 0 Å². The van der Waals surface area contributed by atoms with Gasteiger partial charge in [-0.05, 0) is 0 Å². The summed E-state index contributed by atoms with van der Waals surface area (Å²) in [6.07, 6.45) is 7.05. The third kappa shape index (κ3) is 3.46. The lowest BCUT2D eigenvalue weighted by molar-refractivity contribution is -0.146. The number of amides is 1. The minimum absolute atomic E-state index is 0.0509.